The molecule has 2 aromatic carbocycles. The van der Waals surface area contributed by atoms with Crippen molar-refractivity contribution in [3.8, 4) is 0 Å². The van der Waals surface area contributed by atoms with Gasteiger partial charge in [0.15, 0.2) is 6.10 Å². The summed E-state index contributed by atoms with van der Waals surface area (Å²) in [7, 11) is -3.89. The van der Waals surface area contributed by atoms with Crippen LogP contribution in [-0.2, 0) is 24.3 Å². The Labute approximate surface area is 161 Å². The number of amides is 1. The van der Waals surface area contributed by atoms with Crippen molar-refractivity contribution in [3.05, 3.63) is 65.2 Å². The second-order valence-corrected chi connectivity index (χ2v) is 7.53. The summed E-state index contributed by atoms with van der Waals surface area (Å²) < 4.78 is 27.7. The van der Waals surface area contributed by atoms with E-state index in [-0.39, 0.29) is 10.6 Å². The van der Waals surface area contributed by atoms with E-state index in [1.807, 2.05) is 0 Å². The third kappa shape index (κ3) is 6.52. The lowest BCUT2D eigenvalue weighted by Gasteiger charge is -2.12. The van der Waals surface area contributed by atoms with E-state index in [1.165, 1.54) is 43.3 Å². The van der Waals surface area contributed by atoms with Crippen LogP contribution >= 0.6 is 11.6 Å². The van der Waals surface area contributed by atoms with Gasteiger partial charge in [-0.2, -0.15) is 0 Å². The molecule has 1 amide bonds. The first-order chi connectivity index (χ1) is 12.6. The van der Waals surface area contributed by atoms with E-state index in [2.05, 4.69) is 5.32 Å². The third-order valence-electron chi connectivity index (χ3n) is 3.35. The Hall–Kier alpha value is -2.68. The van der Waals surface area contributed by atoms with Crippen molar-refractivity contribution in [1.82, 2.24) is 0 Å². The summed E-state index contributed by atoms with van der Waals surface area (Å²) in [4.78, 5) is 23.8. The minimum Gasteiger partial charge on any atom is -0.449 e. The zero-order valence-corrected chi connectivity index (χ0v) is 15.8. The molecule has 27 heavy (non-hydrogen) atoms. The number of ether oxygens (including phenoxy) is 1. The Balaban J connectivity index is 1.96. The van der Waals surface area contributed by atoms with Crippen LogP contribution in [0.1, 0.15) is 12.5 Å². The second-order valence-electron chi connectivity index (χ2n) is 5.53. The van der Waals surface area contributed by atoms with Gasteiger partial charge in [-0.1, -0.05) is 29.8 Å². The first-order valence-corrected chi connectivity index (χ1v) is 9.65. The van der Waals surface area contributed by atoms with Gasteiger partial charge in [-0.25, -0.2) is 18.4 Å². The molecule has 7 nitrogen and oxygen atoms in total. The van der Waals surface area contributed by atoms with Gasteiger partial charge in [-0.05, 0) is 48.9 Å². The topological polar surface area (TPSA) is 116 Å². The molecule has 0 saturated carbocycles. The quantitative estimate of drug-likeness (QED) is 0.563. The molecule has 142 valence electrons. The molecule has 0 aliphatic rings. The predicted octanol–water partition coefficient (Wildman–Crippen LogP) is 2.57. The van der Waals surface area contributed by atoms with Crippen LogP contribution in [0.2, 0.25) is 5.02 Å². The highest BCUT2D eigenvalue weighted by atomic mass is 35.5. The van der Waals surface area contributed by atoms with E-state index in [0.717, 1.165) is 0 Å². The summed E-state index contributed by atoms with van der Waals surface area (Å²) in [6, 6.07) is 12.3. The highest BCUT2D eigenvalue weighted by Crippen LogP contribution is 2.15. The molecular formula is C18H17ClN2O5S. The van der Waals surface area contributed by atoms with Gasteiger partial charge in [0, 0.05) is 16.8 Å². The molecule has 0 bridgehead atoms. The van der Waals surface area contributed by atoms with E-state index in [0.29, 0.717) is 10.6 Å². The number of rotatable bonds is 6. The monoisotopic (exact) mass is 408 g/mol. The van der Waals surface area contributed by atoms with Gasteiger partial charge in [-0.3, -0.25) is 4.79 Å². The Morgan fingerprint density at radius 1 is 1.19 bits per heavy atom. The molecule has 0 heterocycles. The first kappa shape index (κ1) is 20.6. The number of halogens is 1. The van der Waals surface area contributed by atoms with Crippen molar-refractivity contribution in [2.24, 2.45) is 5.14 Å². The van der Waals surface area contributed by atoms with E-state index >= 15 is 0 Å². The van der Waals surface area contributed by atoms with Gasteiger partial charge in [0.2, 0.25) is 10.0 Å². The van der Waals surface area contributed by atoms with E-state index in [9.17, 15) is 18.0 Å². The number of hydrogen-bond acceptors (Lipinski definition) is 5. The van der Waals surface area contributed by atoms with Crippen LogP contribution in [0.15, 0.2) is 59.5 Å². The fourth-order valence-electron chi connectivity index (χ4n) is 2.04. The standard InChI is InChI=1S/C18H17ClN2O5S/c1-12(26-17(22)9-8-13-4-2-5-14(19)10-13)18(23)21-15-6-3-7-16(11-15)27(20,24)25/h2-12H,1H3,(H,21,23)(H2,20,24,25)/b9-8+. The highest BCUT2D eigenvalue weighted by molar-refractivity contribution is 7.89. The molecule has 2 rings (SSSR count). The number of anilines is 1. The number of nitrogens with two attached hydrogens (primary N) is 1. The maximum atomic E-state index is 12.1. The predicted molar refractivity (Wildman–Crippen MR) is 102 cm³/mol. The average Bonchev–Trinajstić information content (AvgIpc) is 2.59. The molecule has 0 aromatic heterocycles. The Morgan fingerprint density at radius 2 is 1.89 bits per heavy atom. The lowest BCUT2D eigenvalue weighted by Crippen LogP contribution is -2.29. The van der Waals surface area contributed by atoms with Crippen molar-refractivity contribution < 1.29 is 22.7 Å². The lowest BCUT2D eigenvalue weighted by atomic mass is 10.2. The molecule has 0 radical (unpaired) electrons. The van der Waals surface area contributed by atoms with Crippen molar-refractivity contribution >= 4 is 45.3 Å². The van der Waals surface area contributed by atoms with Crippen molar-refractivity contribution in [3.63, 3.8) is 0 Å². The normalized spacial score (nSPS) is 12.6. The van der Waals surface area contributed by atoms with Crippen LogP contribution in [0.5, 0.6) is 0 Å². The molecular weight excluding hydrogens is 392 g/mol. The minimum atomic E-state index is -3.89. The smallest absolute Gasteiger partial charge is 0.331 e. The minimum absolute atomic E-state index is 0.144. The number of hydrogen-bond donors (Lipinski definition) is 2. The van der Waals surface area contributed by atoms with Crippen LogP contribution in [0.4, 0.5) is 5.69 Å². The fourth-order valence-corrected chi connectivity index (χ4v) is 2.79. The number of benzene rings is 2. The number of nitrogens with one attached hydrogen (secondary N) is 1. The number of carbonyl (C=O) groups excluding carboxylic acids is 2. The van der Waals surface area contributed by atoms with Gasteiger partial charge < -0.3 is 10.1 Å². The van der Waals surface area contributed by atoms with Crippen LogP contribution in [-0.4, -0.2) is 26.4 Å². The maximum Gasteiger partial charge on any atom is 0.331 e. The number of primary sulfonamides is 1. The zero-order valence-electron chi connectivity index (χ0n) is 14.3. The van der Waals surface area contributed by atoms with Crippen LogP contribution in [0.3, 0.4) is 0 Å². The molecule has 0 aliphatic heterocycles. The average molecular weight is 409 g/mol. The van der Waals surface area contributed by atoms with Crippen molar-refractivity contribution in [2.45, 2.75) is 17.9 Å². The van der Waals surface area contributed by atoms with Crippen molar-refractivity contribution in [2.75, 3.05) is 5.32 Å². The van der Waals surface area contributed by atoms with Crippen LogP contribution < -0.4 is 10.5 Å². The number of carbonyl (C=O) groups is 2. The van der Waals surface area contributed by atoms with Crippen LogP contribution in [0.25, 0.3) is 6.08 Å². The molecule has 0 aliphatic carbocycles. The molecule has 0 spiro atoms. The largest absolute Gasteiger partial charge is 0.449 e. The molecule has 2 aromatic rings. The van der Waals surface area contributed by atoms with Gasteiger partial charge in [0.05, 0.1) is 4.90 Å². The summed E-state index contributed by atoms with van der Waals surface area (Å²) in [5.74, 6) is -1.33. The Bertz CT molecular complexity index is 989. The summed E-state index contributed by atoms with van der Waals surface area (Å²) in [5, 5.41) is 8.04. The Kier molecular flexibility index (Phi) is 6.73. The SMILES string of the molecule is CC(OC(=O)/C=C/c1cccc(Cl)c1)C(=O)Nc1cccc(S(N)(=O)=O)c1. The summed E-state index contributed by atoms with van der Waals surface area (Å²) in [5.41, 5.74) is 0.917. The van der Waals surface area contributed by atoms with Crippen LogP contribution in [0, 0.1) is 0 Å². The van der Waals surface area contributed by atoms with E-state index < -0.39 is 28.0 Å². The van der Waals surface area contributed by atoms with Crippen molar-refractivity contribution in [1.29, 1.82) is 0 Å². The molecule has 1 unspecified atom stereocenters. The molecule has 0 fully saturated rings. The van der Waals surface area contributed by atoms with Gasteiger partial charge in [0.25, 0.3) is 5.91 Å². The maximum absolute atomic E-state index is 12.1. The summed E-state index contributed by atoms with van der Waals surface area (Å²) >= 11 is 5.85. The Morgan fingerprint density at radius 3 is 2.56 bits per heavy atom. The second kappa shape index (κ2) is 8.81. The fraction of sp³-hybridized carbons (Fsp3) is 0.111. The molecule has 1 atom stereocenters. The molecule has 3 N–H and O–H groups in total. The van der Waals surface area contributed by atoms with Gasteiger partial charge >= 0.3 is 5.97 Å². The van der Waals surface area contributed by atoms with E-state index in [1.54, 1.807) is 24.3 Å². The van der Waals surface area contributed by atoms with Gasteiger partial charge in [-0.15, -0.1) is 0 Å². The third-order valence-corrected chi connectivity index (χ3v) is 4.50. The lowest BCUT2D eigenvalue weighted by molar-refractivity contribution is -0.148. The number of esters is 1. The number of sulfonamides is 1. The zero-order chi connectivity index (χ0) is 20.0. The van der Waals surface area contributed by atoms with E-state index in [4.69, 9.17) is 21.5 Å². The molecule has 9 heteroatoms. The molecule has 0 saturated heterocycles. The summed E-state index contributed by atoms with van der Waals surface area (Å²) in [6.45, 7) is 1.39. The first-order valence-electron chi connectivity index (χ1n) is 7.73. The van der Waals surface area contributed by atoms with Gasteiger partial charge in [0.1, 0.15) is 0 Å². The highest BCUT2D eigenvalue weighted by Gasteiger charge is 2.17. The summed E-state index contributed by atoms with van der Waals surface area (Å²) in [6.07, 6.45) is 1.59.